The fraction of sp³-hybridized carbons (Fsp3) is 0.556. The number of carboxylic acids is 1. The molecule has 1 N–H and O–H groups in total. The molecular weight excluding hydrogens is 200 g/mol. The first kappa shape index (κ1) is 11.0. The molecular formula is C9H14N2O2S. The van der Waals surface area contributed by atoms with Gasteiger partial charge in [-0.1, -0.05) is 0 Å². The SMILES string of the molecule is CCN(CC)c1nc(CC(=O)O)cs1. The summed E-state index contributed by atoms with van der Waals surface area (Å²) in [5.74, 6) is -0.832. The lowest BCUT2D eigenvalue weighted by molar-refractivity contribution is -0.136. The van der Waals surface area contributed by atoms with Crippen molar-refractivity contribution >= 4 is 22.4 Å². The molecule has 0 fully saturated rings. The predicted molar refractivity (Wildman–Crippen MR) is 57.0 cm³/mol. The number of rotatable bonds is 5. The minimum Gasteiger partial charge on any atom is -0.481 e. The molecule has 0 radical (unpaired) electrons. The van der Waals surface area contributed by atoms with Crippen LogP contribution in [0.25, 0.3) is 0 Å². The van der Waals surface area contributed by atoms with Gasteiger partial charge in [0.1, 0.15) is 0 Å². The maximum atomic E-state index is 10.4. The van der Waals surface area contributed by atoms with E-state index in [1.165, 1.54) is 11.3 Å². The van der Waals surface area contributed by atoms with Gasteiger partial charge in [-0.05, 0) is 13.8 Å². The van der Waals surface area contributed by atoms with Crippen molar-refractivity contribution in [1.29, 1.82) is 0 Å². The van der Waals surface area contributed by atoms with Crippen molar-refractivity contribution in [3.8, 4) is 0 Å². The molecule has 0 aliphatic carbocycles. The molecule has 0 aliphatic heterocycles. The zero-order valence-corrected chi connectivity index (χ0v) is 9.17. The smallest absolute Gasteiger partial charge is 0.309 e. The quantitative estimate of drug-likeness (QED) is 0.809. The van der Waals surface area contributed by atoms with Crippen LogP contribution >= 0.6 is 11.3 Å². The number of aromatic nitrogens is 1. The Hall–Kier alpha value is -1.10. The van der Waals surface area contributed by atoms with E-state index in [0.29, 0.717) is 5.69 Å². The summed E-state index contributed by atoms with van der Waals surface area (Å²) in [7, 11) is 0. The molecule has 0 aliphatic rings. The molecule has 1 aromatic heterocycles. The van der Waals surface area contributed by atoms with Crippen LogP contribution in [0.3, 0.4) is 0 Å². The minimum absolute atomic E-state index is 0.0117. The summed E-state index contributed by atoms with van der Waals surface area (Å²) in [6, 6.07) is 0. The number of carboxylic acid groups (broad SMARTS) is 1. The number of hydrogen-bond acceptors (Lipinski definition) is 4. The highest BCUT2D eigenvalue weighted by atomic mass is 32.1. The van der Waals surface area contributed by atoms with Crippen LogP contribution < -0.4 is 4.90 Å². The molecule has 0 spiro atoms. The van der Waals surface area contributed by atoms with Gasteiger partial charge >= 0.3 is 5.97 Å². The van der Waals surface area contributed by atoms with E-state index < -0.39 is 5.97 Å². The van der Waals surface area contributed by atoms with Crippen molar-refractivity contribution in [2.24, 2.45) is 0 Å². The van der Waals surface area contributed by atoms with Crippen molar-refractivity contribution in [1.82, 2.24) is 4.98 Å². The van der Waals surface area contributed by atoms with E-state index in [0.717, 1.165) is 18.2 Å². The molecule has 1 rings (SSSR count). The summed E-state index contributed by atoms with van der Waals surface area (Å²) < 4.78 is 0. The number of hydrogen-bond donors (Lipinski definition) is 1. The highest BCUT2D eigenvalue weighted by Crippen LogP contribution is 2.20. The minimum atomic E-state index is -0.832. The second-order valence-electron chi connectivity index (χ2n) is 2.86. The average Bonchev–Trinajstić information content (AvgIpc) is 2.54. The predicted octanol–water partition coefficient (Wildman–Crippen LogP) is 1.62. The molecule has 1 heterocycles. The van der Waals surface area contributed by atoms with Crippen LogP contribution in [0, 0.1) is 0 Å². The van der Waals surface area contributed by atoms with Crippen LogP contribution in [0.4, 0.5) is 5.13 Å². The van der Waals surface area contributed by atoms with Crippen molar-refractivity contribution in [3.05, 3.63) is 11.1 Å². The Bertz CT molecular complexity index is 308. The van der Waals surface area contributed by atoms with Crippen molar-refractivity contribution in [2.45, 2.75) is 20.3 Å². The van der Waals surface area contributed by atoms with Gasteiger partial charge in [0.25, 0.3) is 0 Å². The Kier molecular flexibility index (Phi) is 3.88. The van der Waals surface area contributed by atoms with E-state index in [4.69, 9.17) is 5.11 Å². The van der Waals surface area contributed by atoms with E-state index in [2.05, 4.69) is 23.7 Å². The van der Waals surface area contributed by atoms with Crippen molar-refractivity contribution in [3.63, 3.8) is 0 Å². The Labute approximate surface area is 87.2 Å². The Morgan fingerprint density at radius 2 is 2.21 bits per heavy atom. The van der Waals surface area contributed by atoms with Crippen LogP contribution in [0.5, 0.6) is 0 Å². The Morgan fingerprint density at radius 3 is 2.71 bits per heavy atom. The monoisotopic (exact) mass is 214 g/mol. The van der Waals surface area contributed by atoms with E-state index >= 15 is 0 Å². The summed E-state index contributed by atoms with van der Waals surface area (Å²) in [6.07, 6.45) is 0.0117. The second-order valence-corrected chi connectivity index (χ2v) is 3.70. The van der Waals surface area contributed by atoms with E-state index in [9.17, 15) is 4.79 Å². The molecule has 1 aromatic rings. The van der Waals surface area contributed by atoms with Gasteiger partial charge in [0.15, 0.2) is 5.13 Å². The Balaban J connectivity index is 2.71. The molecule has 0 saturated carbocycles. The fourth-order valence-corrected chi connectivity index (χ4v) is 2.13. The first-order chi connectivity index (χ1) is 6.67. The normalized spacial score (nSPS) is 10.1. The summed E-state index contributed by atoms with van der Waals surface area (Å²) in [4.78, 5) is 16.8. The lowest BCUT2D eigenvalue weighted by atomic mass is 10.3. The van der Waals surface area contributed by atoms with Gasteiger partial charge < -0.3 is 10.0 Å². The molecule has 0 bridgehead atoms. The van der Waals surface area contributed by atoms with Gasteiger partial charge in [-0.2, -0.15) is 0 Å². The zero-order chi connectivity index (χ0) is 10.6. The van der Waals surface area contributed by atoms with E-state index in [1.54, 1.807) is 0 Å². The molecule has 5 heteroatoms. The van der Waals surface area contributed by atoms with Crippen molar-refractivity contribution < 1.29 is 9.90 Å². The summed E-state index contributed by atoms with van der Waals surface area (Å²) in [5, 5.41) is 11.3. The van der Waals surface area contributed by atoms with Crippen LogP contribution in [0.2, 0.25) is 0 Å². The first-order valence-electron chi connectivity index (χ1n) is 4.58. The van der Waals surface area contributed by atoms with Crippen LogP contribution in [0.1, 0.15) is 19.5 Å². The molecule has 4 nitrogen and oxygen atoms in total. The highest BCUT2D eigenvalue weighted by Gasteiger charge is 2.09. The lowest BCUT2D eigenvalue weighted by Gasteiger charge is -2.16. The number of carbonyl (C=O) groups is 1. The number of aliphatic carboxylic acids is 1. The molecule has 78 valence electrons. The highest BCUT2D eigenvalue weighted by molar-refractivity contribution is 7.13. The van der Waals surface area contributed by atoms with Gasteiger partial charge in [-0.25, -0.2) is 4.98 Å². The zero-order valence-electron chi connectivity index (χ0n) is 8.36. The average molecular weight is 214 g/mol. The first-order valence-corrected chi connectivity index (χ1v) is 5.46. The van der Waals surface area contributed by atoms with Crippen LogP contribution in [-0.4, -0.2) is 29.1 Å². The standard InChI is InChI=1S/C9H14N2O2S/c1-3-11(4-2)9-10-7(6-14-9)5-8(12)13/h6H,3-5H2,1-2H3,(H,12,13). The lowest BCUT2D eigenvalue weighted by Crippen LogP contribution is -2.21. The fourth-order valence-electron chi connectivity index (χ4n) is 1.17. The second kappa shape index (κ2) is 4.95. The third-order valence-corrected chi connectivity index (χ3v) is 2.86. The van der Waals surface area contributed by atoms with E-state index in [-0.39, 0.29) is 6.42 Å². The van der Waals surface area contributed by atoms with Gasteiger partial charge in [-0.15, -0.1) is 11.3 Å². The van der Waals surface area contributed by atoms with Gasteiger partial charge in [-0.3, -0.25) is 4.79 Å². The molecule has 0 atom stereocenters. The van der Waals surface area contributed by atoms with Gasteiger partial charge in [0.2, 0.25) is 0 Å². The third-order valence-electron chi connectivity index (χ3n) is 1.91. The number of thiazole rings is 1. The Morgan fingerprint density at radius 1 is 1.57 bits per heavy atom. The number of anilines is 1. The van der Waals surface area contributed by atoms with Crippen LogP contribution in [-0.2, 0) is 11.2 Å². The maximum Gasteiger partial charge on any atom is 0.309 e. The summed E-state index contributed by atoms with van der Waals surface area (Å²) in [6.45, 7) is 5.91. The van der Waals surface area contributed by atoms with Gasteiger partial charge in [0, 0.05) is 18.5 Å². The molecule has 14 heavy (non-hydrogen) atoms. The molecule has 0 aromatic carbocycles. The van der Waals surface area contributed by atoms with E-state index in [1.807, 2.05) is 5.38 Å². The topological polar surface area (TPSA) is 53.4 Å². The molecule has 0 unspecified atom stereocenters. The summed E-state index contributed by atoms with van der Waals surface area (Å²) >= 11 is 1.50. The summed E-state index contributed by atoms with van der Waals surface area (Å²) in [5.41, 5.74) is 0.643. The maximum absolute atomic E-state index is 10.4. The number of nitrogens with zero attached hydrogens (tertiary/aromatic N) is 2. The van der Waals surface area contributed by atoms with Gasteiger partial charge in [0.05, 0.1) is 12.1 Å². The van der Waals surface area contributed by atoms with Crippen molar-refractivity contribution in [2.75, 3.05) is 18.0 Å². The van der Waals surface area contributed by atoms with Crippen LogP contribution in [0.15, 0.2) is 5.38 Å². The largest absolute Gasteiger partial charge is 0.481 e. The molecule has 0 amide bonds. The third kappa shape index (κ3) is 2.70. The molecule has 0 saturated heterocycles.